The van der Waals surface area contributed by atoms with Crippen molar-refractivity contribution < 1.29 is 9.53 Å². The number of amides is 1. The van der Waals surface area contributed by atoms with E-state index in [1.807, 2.05) is 24.3 Å². The lowest BCUT2D eigenvalue weighted by atomic mass is 9.72. The van der Waals surface area contributed by atoms with Gasteiger partial charge in [0.2, 0.25) is 5.91 Å². The van der Waals surface area contributed by atoms with Crippen LogP contribution in [0.1, 0.15) is 53.6 Å². The fourth-order valence-corrected chi connectivity index (χ4v) is 6.08. The van der Waals surface area contributed by atoms with Gasteiger partial charge in [0.25, 0.3) is 0 Å². The van der Waals surface area contributed by atoms with Crippen LogP contribution in [0.25, 0.3) is 0 Å². The molecule has 1 unspecified atom stereocenters. The maximum absolute atomic E-state index is 14.0. The van der Waals surface area contributed by atoms with Crippen molar-refractivity contribution in [2.24, 2.45) is 5.92 Å². The van der Waals surface area contributed by atoms with Crippen LogP contribution >= 0.6 is 27.5 Å². The highest BCUT2D eigenvalue weighted by Crippen LogP contribution is 2.41. The molecule has 1 aromatic heterocycles. The fourth-order valence-electron chi connectivity index (χ4n) is 5.69. The molecule has 2 heterocycles. The first-order valence-electron chi connectivity index (χ1n) is 13.0. The first kappa shape index (κ1) is 26.8. The molecule has 1 saturated heterocycles. The minimum absolute atomic E-state index is 0.0180. The summed E-state index contributed by atoms with van der Waals surface area (Å²) in [5.41, 5.74) is 3.24. The van der Waals surface area contributed by atoms with Gasteiger partial charge in [-0.1, -0.05) is 51.8 Å². The first-order valence-corrected chi connectivity index (χ1v) is 14.2. The van der Waals surface area contributed by atoms with Crippen molar-refractivity contribution in [3.63, 3.8) is 0 Å². The molecule has 2 fully saturated rings. The topological polar surface area (TPSA) is 78.2 Å². The Labute approximate surface area is 237 Å². The second-order valence-corrected chi connectivity index (χ2v) is 11.3. The van der Waals surface area contributed by atoms with E-state index in [0.29, 0.717) is 22.3 Å². The quantitative estimate of drug-likeness (QED) is 0.387. The summed E-state index contributed by atoms with van der Waals surface area (Å²) in [6, 6.07) is 21.5. The molecule has 4 atom stereocenters. The molecule has 0 spiro atoms. The average molecular weight is 594 g/mol. The van der Waals surface area contributed by atoms with E-state index in [1.54, 1.807) is 18.3 Å². The Balaban J connectivity index is 1.42. The molecule has 1 N–H and O–H groups in total. The van der Waals surface area contributed by atoms with Crippen LogP contribution in [0, 0.1) is 17.2 Å². The summed E-state index contributed by atoms with van der Waals surface area (Å²) in [6.07, 6.45) is 4.26. The van der Waals surface area contributed by atoms with E-state index in [1.165, 1.54) is 5.56 Å². The molecule has 0 radical (unpaired) electrons. The monoisotopic (exact) mass is 592 g/mol. The Morgan fingerprint density at radius 3 is 2.47 bits per heavy atom. The molecule has 196 valence electrons. The molecule has 38 heavy (non-hydrogen) atoms. The van der Waals surface area contributed by atoms with Gasteiger partial charge in [-0.3, -0.25) is 14.7 Å². The zero-order chi connectivity index (χ0) is 26.5. The molecule has 5 rings (SSSR count). The minimum atomic E-state index is -0.449. The Morgan fingerprint density at radius 1 is 1.08 bits per heavy atom. The number of nitrogens with one attached hydrogen (secondary N) is 1. The predicted molar refractivity (Wildman–Crippen MR) is 151 cm³/mol. The molecular weight excluding hydrogens is 564 g/mol. The van der Waals surface area contributed by atoms with E-state index in [4.69, 9.17) is 16.3 Å². The minimum Gasteiger partial charge on any atom is -0.379 e. The Kier molecular flexibility index (Phi) is 8.75. The number of benzene rings is 2. The van der Waals surface area contributed by atoms with E-state index in [2.05, 4.69) is 61.5 Å². The van der Waals surface area contributed by atoms with Crippen molar-refractivity contribution >= 4 is 33.4 Å². The number of carbonyl (C=O) groups excluding carboxylic acids is 1. The summed E-state index contributed by atoms with van der Waals surface area (Å²) in [6.45, 7) is 3.42. The number of halogens is 2. The van der Waals surface area contributed by atoms with E-state index in [-0.39, 0.29) is 17.7 Å². The molecule has 3 aromatic rings. The van der Waals surface area contributed by atoms with Gasteiger partial charge < -0.3 is 10.1 Å². The molecule has 1 aliphatic heterocycles. The van der Waals surface area contributed by atoms with Crippen LogP contribution in [-0.2, 0) is 9.53 Å². The van der Waals surface area contributed by atoms with Gasteiger partial charge in [0.1, 0.15) is 6.07 Å². The van der Waals surface area contributed by atoms with Crippen molar-refractivity contribution in [2.75, 3.05) is 26.3 Å². The highest BCUT2D eigenvalue weighted by molar-refractivity contribution is 9.10. The second kappa shape index (κ2) is 12.4. The molecule has 1 saturated carbocycles. The van der Waals surface area contributed by atoms with E-state index in [0.717, 1.165) is 55.6 Å². The van der Waals surface area contributed by atoms with Crippen molar-refractivity contribution in [1.29, 1.82) is 5.26 Å². The number of nitriles is 1. The third kappa shape index (κ3) is 6.27. The molecule has 2 aliphatic rings. The summed E-state index contributed by atoms with van der Waals surface area (Å²) in [7, 11) is 0. The summed E-state index contributed by atoms with van der Waals surface area (Å²) >= 11 is 9.70. The van der Waals surface area contributed by atoms with Gasteiger partial charge in [0.05, 0.1) is 30.5 Å². The van der Waals surface area contributed by atoms with Crippen molar-refractivity contribution in [3.8, 4) is 6.07 Å². The average Bonchev–Trinajstić information content (AvgIpc) is 2.97. The molecule has 8 heteroatoms. The summed E-state index contributed by atoms with van der Waals surface area (Å²) < 4.78 is 6.61. The smallest absolute Gasteiger partial charge is 0.224 e. The molecule has 1 aliphatic carbocycles. The van der Waals surface area contributed by atoms with E-state index >= 15 is 0 Å². The lowest BCUT2D eigenvalue weighted by molar-refractivity contribution is -0.127. The van der Waals surface area contributed by atoms with Crippen LogP contribution in [-0.4, -0.2) is 48.1 Å². The third-order valence-corrected chi connectivity index (χ3v) is 8.50. The Hall–Kier alpha value is -2.76. The van der Waals surface area contributed by atoms with Gasteiger partial charge in [0.15, 0.2) is 0 Å². The van der Waals surface area contributed by atoms with Gasteiger partial charge in [0, 0.05) is 40.7 Å². The lowest BCUT2D eigenvalue weighted by Crippen LogP contribution is -2.48. The Bertz CT molecular complexity index is 1270. The zero-order valence-electron chi connectivity index (χ0n) is 21.0. The zero-order valence-corrected chi connectivity index (χ0v) is 23.4. The number of pyridine rings is 1. The van der Waals surface area contributed by atoms with Gasteiger partial charge in [-0.15, -0.1) is 0 Å². The largest absolute Gasteiger partial charge is 0.379 e. The van der Waals surface area contributed by atoms with Crippen molar-refractivity contribution in [2.45, 2.75) is 37.3 Å². The normalized spacial score (nSPS) is 22.8. The highest BCUT2D eigenvalue weighted by atomic mass is 79.9. The van der Waals surface area contributed by atoms with Crippen molar-refractivity contribution in [3.05, 3.63) is 98.7 Å². The summed E-state index contributed by atoms with van der Waals surface area (Å²) in [4.78, 5) is 21.1. The van der Waals surface area contributed by atoms with Crippen LogP contribution < -0.4 is 5.32 Å². The van der Waals surface area contributed by atoms with Crippen LogP contribution in [0.2, 0.25) is 5.02 Å². The van der Waals surface area contributed by atoms with Crippen LogP contribution in [0.3, 0.4) is 0 Å². The number of rotatable bonds is 6. The summed E-state index contributed by atoms with van der Waals surface area (Å²) in [5, 5.41) is 13.2. The van der Waals surface area contributed by atoms with Crippen LogP contribution in [0.15, 0.2) is 71.3 Å². The SMILES string of the molecule is N#Cc1ccc(C(NC(=O)[C@@H]2CC[C@@H](N3CCOCC3)C[C@H]2c2ccc(Br)cc2)c2ccc(Cl)cc2)nc1. The standard InChI is InChI=1S/C30H30BrClN4O2/c31-23-6-2-21(3-7-23)27-17-25(36-13-15-38-16-14-36)10-11-26(27)30(37)35-29(22-4-8-24(32)9-5-22)28-12-1-20(18-33)19-34-28/h1-9,12,19,25-27,29H,10-11,13-17H2,(H,35,37)/t25-,26-,27+,29?/m1/s1. The van der Waals surface area contributed by atoms with Crippen LogP contribution in [0.4, 0.5) is 0 Å². The highest BCUT2D eigenvalue weighted by Gasteiger charge is 2.39. The van der Waals surface area contributed by atoms with Gasteiger partial charge >= 0.3 is 0 Å². The fraction of sp³-hybridized carbons (Fsp3) is 0.367. The van der Waals surface area contributed by atoms with E-state index < -0.39 is 6.04 Å². The summed E-state index contributed by atoms with van der Waals surface area (Å²) in [5.74, 6) is -0.0457. The molecule has 2 aromatic carbocycles. The maximum atomic E-state index is 14.0. The number of morpholine rings is 1. The number of hydrogen-bond donors (Lipinski definition) is 1. The number of carbonyl (C=O) groups is 1. The Morgan fingerprint density at radius 2 is 1.82 bits per heavy atom. The lowest BCUT2D eigenvalue weighted by Gasteiger charge is -2.42. The first-order chi connectivity index (χ1) is 18.5. The molecule has 6 nitrogen and oxygen atoms in total. The molecular formula is C30H30BrClN4O2. The van der Waals surface area contributed by atoms with Gasteiger partial charge in [-0.05, 0) is 72.7 Å². The van der Waals surface area contributed by atoms with Gasteiger partial charge in [-0.25, -0.2) is 0 Å². The number of nitrogens with zero attached hydrogens (tertiary/aromatic N) is 3. The number of hydrogen-bond acceptors (Lipinski definition) is 5. The maximum Gasteiger partial charge on any atom is 0.224 e. The number of aromatic nitrogens is 1. The molecule has 0 bridgehead atoms. The predicted octanol–water partition coefficient (Wildman–Crippen LogP) is 5.86. The van der Waals surface area contributed by atoms with Crippen molar-refractivity contribution in [1.82, 2.24) is 15.2 Å². The van der Waals surface area contributed by atoms with Gasteiger partial charge in [-0.2, -0.15) is 5.26 Å². The number of ether oxygens (including phenoxy) is 1. The van der Waals surface area contributed by atoms with E-state index in [9.17, 15) is 10.1 Å². The van der Waals surface area contributed by atoms with Crippen LogP contribution in [0.5, 0.6) is 0 Å². The molecule has 1 amide bonds. The second-order valence-electron chi connectivity index (χ2n) is 9.96. The third-order valence-electron chi connectivity index (χ3n) is 7.72.